The second kappa shape index (κ2) is 9.05. The molecule has 25 heavy (non-hydrogen) atoms. The lowest BCUT2D eigenvalue weighted by molar-refractivity contribution is -0.124. The van der Waals surface area contributed by atoms with Crippen LogP contribution in [0.25, 0.3) is 0 Å². The fraction of sp³-hybridized carbons (Fsp3) is 0.118. The van der Waals surface area contributed by atoms with Crippen LogP contribution in [0, 0.1) is 0 Å². The number of carbonyl (C=O) groups is 2. The lowest BCUT2D eigenvalue weighted by Crippen LogP contribution is -2.20. The average molecular weight is 380 g/mol. The van der Waals surface area contributed by atoms with Crippen molar-refractivity contribution in [3.8, 4) is 5.75 Å². The molecule has 0 radical (unpaired) electrons. The van der Waals surface area contributed by atoms with Crippen LogP contribution in [0.4, 0.5) is 5.69 Å². The van der Waals surface area contributed by atoms with Gasteiger partial charge in [-0.25, -0.2) is 5.43 Å². The highest BCUT2D eigenvalue weighted by Crippen LogP contribution is 2.25. The Hall–Kier alpha value is -2.57. The minimum absolute atomic E-state index is 0.0309. The van der Waals surface area contributed by atoms with Gasteiger partial charge in [0.05, 0.1) is 16.9 Å². The first-order valence-electron chi connectivity index (χ1n) is 7.30. The minimum Gasteiger partial charge on any atom is -0.507 e. The van der Waals surface area contributed by atoms with E-state index < -0.39 is 5.91 Å². The van der Waals surface area contributed by atoms with Gasteiger partial charge in [-0.15, -0.1) is 0 Å². The Morgan fingerprint density at radius 1 is 1.08 bits per heavy atom. The number of hydrogen-bond donors (Lipinski definition) is 3. The molecule has 0 aliphatic rings. The number of hydrazone groups is 1. The number of phenolic OH excluding ortho intramolecular Hbond substituents is 1. The highest BCUT2D eigenvalue weighted by Gasteiger charge is 2.09. The fourth-order valence-corrected chi connectivity index (χ4v) is 2.31. The van der Waals surface area contributed by atoms with Crippen molar-refractivity contribution in [1.29, 1.82) is 0 Å². The molecule has 0 fully saturated rings. The van der Waals surface area contributed by atoms with E-state index >= 15 is 0 Å². The third-order valence-corrected chi connectivity index (χ3v) is 3.66. The average Bonchev–Trinajstić information content (AvgIpc) is 2.57. The van der Waals surface area contributed by atoms with Gasteiger partial charge in [0.1, 0.15) is 5.75 Å². The van der Waals surface area contributed by atoms with Gasteiger partial charge in [0, 0.05) is 23.4 Å². The number of para-hydroxylation sites is 1. The predicted molar refractivity (Wildman–Crippen MR) is 98.2 cm³/mol. The summed E-state index contributed by atoms with van der Waals surface area (Å²) in [5, 5.41) is 16.7. The van der Waals surface area contributed by atoms with Crippen LogP contribution in [0.3, 0.4) is 0 Å². The van der Waals surface area contributed by atoms with Crippen molar-refractivity contribution in [2.45, 2.75) is 12.8 Å². The van der Waals surface area contributed by atoms with E-state index in [0.29, 0.717) is 21.3 Å². The number of benzene rings is 2. The molecular weight excluding hydrogens is 365 g/mol. The maximum absolute atomic E-state index is 11.8. The van der Waals surface area contributed by atoms with E-state index in [1.54, 1.807) is 30.3 Å². The monoisotopic (exact) mass is 379 g/mol. The van der Waals surface area contributed by atoms with Crippen molar-refractivity contribution in [2.75, 3.05) is 5.32 Å². The maximum atomic E-state index is 11.8. The Labute approximate surface area is 154 Å². The van der Waals surface area contributed by atoms with Crippen LogP contribution in [0.5, 0.6) is 5.75 Å². The van der Waals surface area contributed by atoms with Gasteiger partial charge in [-0.3, -0.25) is 9.59 Å². The van der Waals surface area contributed by atoms with Crippen LogP contribution in [-0.2, 0) is 9.59 Å². The number of carbonyl (C=O) groups excluding carboxylic acids is 2. The number of aromatic hydroxyl groups is 1. The normalized spacial score (nSPS) is 10.6. The summed E-state index contributed by atoms with van der Waals surface area (Å²) in [5.41, 5.74) is 3.19. The highest BCUT2D eigenvalue weighted by molar-refractivity contribution is 6.36. The molecule has 0 aliphatic heterocycles. The van der Waals surface area contributed by atoms with Gasteiger partial charge in [-0.1, -0.05) is 35.3 Å². The van der Waals surface area contributed by atoms with Crippen molar-refractivity contribution in [2.24, 2.45) is 5.10 Å². The quantitative estimate of drug-likeness (QED) is 0.529. The molecule has 3 N–H and O–H groups in total. The number of hydrogen-bond acceptors (Lipinski definition) is 4. The Balaban J connectivity index is 1.77. The van der Waals surface area contributed by atoms with Gasteiger partial charge in [-0.05, 0) is 30.3 Å². The van der Waals surface area contributed by atoms with Crippen LogP contribution in [0.2, 0.25) is 10.0 Å². The molecule has 2 aromatic rings. The molecule has 0 saturated carbocycles. The zero-order valence-corrected chi connectivity index (χ0v) is 14.5. The zero-order valence-electron chi connectivity index (χ0n) is 13.0. The third kappa shape index (κ3) is 6.10. The minimum atomic E-state index is -0.427. The summed E-state index contributed by atoms with van der Waals surface area (Å²) in [6.07, 6.45) is 1.24. The molecule has 0 saturated heterocycles. The number of halogens is 2. The first kappa shape index (κ1) is 18.8. The second-order valence-corrected chi connectivity index (χ2v) is 5.87. The van der Waals surface area contributed by atoms with E-state index in [9.17, 15) is 14.7 Å². The van der Waals surface area contributed by atoms with Crippen LogP contribution in [0.1, 0.15) is 18.4 Å². The number of nitrogens with zero attached hydrogens (tertiary/aromatic N) is 1. The van der Waals surface area contributed by atoms with Crippen molar-refractivity contribution >= 4 is 46.9 Å². The first-order chi connectivity index (χ1) is 12.0. The van der Waals surface area contributed by atoms with Gasteiger partial charge in [-0.2, -0.15) is 5.10 Å². The van der Waals surface area contributed by atoms with Gasteiger partial charge in [0.2, 0.25) is 11.8 Å². The summed E-state index contributed by atoms with van der Waals surface area (Å²) >= 11 is 11.7. The molecule has 6 nitrogen and oxygen atoms in total. The number of nitrogens with one attached hydrogen (secondary N) is 2. The molecule has 0 bridgehead atoms. The lowest BCUT2D eigenvalue weighted by atomic mass is 10.2. The lowest BCUT2D eigenvalue weighted by Gasteiger charge is -2.07. The molecule has 2 rings (SSSR count). The molecule has 0 atom stereocenters. The zero-order chi connectivity index (χ0) is 18.2. The summed E-state index contributed by atoms with van der Waals surface area (Å²) in [6.45, 7) is 0. The predicted octanol–water partition coefficient (Wildman–Crippen LogP) is 3.57. The fourth-order valence-electron chi connectivity index (χ4n) is 1.86. The summed E-state index contributed by atoms with van der Waals surface area (Å²) in [7, 11) is 0. The Kier molecular flexibility index (Phi) is 6.80. The van der Waals surface area contributed by atoms with E-state index in [0.717, 1.165) is 0 Å². The SMILES string of the molecule is O=C(CCC(=O)Nc1ccc(Cl)cc1Cl)N/N=C/c1ccccc1O. The van der Waals surface area contributed by atoms with Gasteiger partial charge in [0.25, 0.3) is 0 Å². The van der Waals surface area contributed by atoms with Gasteiger partial charge in [0.15, 0.2) is 0 Å². The molecule has 2 amide bonds. The third-order valence-electron chi connectivity index (χ3n) is 3.11. The summed E-state index contributed by atoms with van der Waals surface area (Å²) in [4.78, 5) is 23.5. The number of amides is 2. The second-order valence-electron chi connectivity index (χ2n) is 5.02. The van der Waals surface area contributed by atoms with Crippen LogP contribution in [-0.4, -0.2) is 23.1 Å². The van der Waals surface area contributed by atoms with E-state index in [1.807, 2.05) is 0 Å². The van der Waals surface area contributed by atoms with E-state index in [2.05, 4.69) is 15.8 Å². The molecule has 2 aromatic carbocycles. The van der Waals surface area contributed by atoms with Gasteiger partial charge < -0.3 is 10.4 Å². The van der Waals surface area contributed by atoms with E-state index in [-0.39, 0.29) is 24.5 Å². The maximum Gasteiger partial charge on any atom is 0.240 e. The smallest absolute Gasteiger partial charge is 0.240 e. The van der Waals surface area contributed by atoms with Crippen molar-refractivity contribution in [1.82, 2.24) is 5.43 Å². The van der Waals surface area contributed by atoms with Crippen LogP contribution < -0.4 is 10.7 Å². The van der Waals surface area contributed by atoms with Crippen LogP contribution >= 0.6 is 23.2 Å². The van der Waals surface area contributed by atoms with Crippen molar-refractivity contribution in [3.63, 3.8) is 0 Å². The highest BCUT2D eigenvalue weighted by atomic mass is 35.5. The summed E-state index contributed by atoms with van der Waals surface area (Å²) in [6, 6.07) is 11.3. The molecule has 0 spiro atoms. The molecule has 0 heterocycles. The number of anilines is 1. The standard InChI is InChI=1S/C17H15Cl2N3O3/c18-12-5-6-14(13(19)9-12)21-16(24)7-8-17(25)22-20-10-11-3-1-2-4-15(11)23/h1-6,9-10,23H,7-8H2,(H,21,24)(H,22,25)/b20-10+. The molecular formula is C17H15Cl2N3O3. The first-order valence-corrected chi connectivity index (χ1v) is 8.06. The summed E-state index contributed by atoms with van der Waals surface area (Å²) < 4.78 is 0. The Morgan fingerprint density at radius 2 is 1.80 bits per heavy atom. The van der Waals surface area contributed by atoms with Gasteiger partial charge >= 0.3 is 0 Å². The molecule has 130 valence electrons. The molecule has 0 unspecified atom stereocenters. The van der Waals surface area contributed by atoms with Crippen LogP contribution in [0.15, 0.2) is 47.6 Å². The largest absolute Gasteiger partial charge is 0.507 e. The van der Waals surface area contributed by atoms with E-state index in [1.165, 1.54) is 18.3 Å². The number of phenols is 1. The molecule has 0 aromatic heterocycles. The van der Waals surface area contributed by atoms with E-state index in [4.69, 9.17) is 23.2 Å². The topological polar surface area (TPSA) is 90.8 Å². The Morgan fingerprint density at radius 3 is 2.52 bits per heavy atom. The van der Waals surface area contributed by atoms with Crippen molar-refractivity contribution in [3.05, 3.63) is 58.1 Å². The molecule has 8 heteroatoms. The number of rotatable bonds is 6. The molecule has 0 aliphatic carbocycles. The summed E-state index contributed by atoms with van der Waals surface area (Å²) in [5.74, 6) is -0.729. The van der Waals surface area contributed by atoms with Crippen molar-refractivity contribution < 1.29 is 14.7 Å². The Bertz CT molecular complexity index is 809.